The summed E-state index contributed by atoms with van der Waals surface area (Å²) in [6, 6.07) is 10.9. The second-order valence-electron chi connectivity index (χ2n) is 6.88. The van der Waals surface area contributed by atoms with E-state index in [-0.39, 0.29) is 5.75 Å². The Labute approximate surface area is 182 Å². The predicted molar refractivity (Wildman–Crippen MR) is 113 cm³/mol. The molecular formula is C22H22F4N5O+. The topological polar surface area (TPSA) is 87.5 Å². The molecular weight excluding hydrogens is 426 g/mol. The number of anilines is 2. The molecule has 1 aromatic heterocycles. The van der Waals surface area contributed by atoms with Gasteiger partial charge in [0.2, 0.25) is 5.69 Å². The second-order valence-corrected chi connectivity index (χ2v) is 6.88. The highest BCUT2D eigenvalue weighted by molar-refractivity contribution is 6.02. The van der Waals surface area contributed by atoms with Crippen molar-refractivity contribution in [2.45, 2.75) is 26.1 Å². The van der Waals surface area contributed by atoms with Crippen molar-refractivity contribution in [3.8, 4) is 17.1 Å². The first-order valence-electron chi connectivity index (χ1n) is 9.88. The van der Waals surface area contributed by atoms with Crippen LogP contribution in [0.2, 0.25) is 0 Å². The van der Waals surface area contributed by atoms with Gasteiger partial charge in [0.15, 0.2) is 17.3 Å². The van der Waals surface area contributed by atoms with Crippen molar-refractivity contribution >= 4 is 22.9 Å². The van der Waals surface area contributed by atoms with Crippen LogP contribution in [0, 0.1) is 11.2 Å². The molecule has 0 spiro atoms. The van der Waals surface area contributed by atoms with Gasteiger partial charge in [-0.1, -0.05) is 13.3 Å². The molecule has 0 fully saturated rings. The zero-order valence-electron chi connectivity index (χ0n) is 17.4. The number of quaternary nitrogens is 1. The smallest absolute Gasteiger partial charge is 0.406 e. The molecule has 0 aliphatic carbocycles. The van der Waals surface area contributed by atoms with Gasteiger partial charge >= 0.3 is 6.36 Å². The lowest BCUT2D eigenvalue weighted by molar-refractivity contribution is -0.539. The maximum atomic E-state index is 13.4. The Morgan fingerprint density at radius 2 is 1.72 bits per heavy atom. The summed E-state index contributed by atoms with van der Waals surface area (Å²) in [7, 11) is 1.78. The number of benzene rings is 2. The minimum atomic E-state index is -4.77. The molecule has 0 aliphatic rings. The van der Waals surface area contributed by atoms with E-state index in [0.717, 1.165) is 6.42 Å². The Hall–Kier alpha value is -3.53. The SMILES string of the molecule is CCCC(=N)c1nc(-c2ccc(F)cc2)nc(Nc2ccc(OC(F)(F)F)cc2)c1[NH2+]C. The zero-order chi connectivity index (χ0) is 23.3. The summed E-state index contributed by atoms with van der Waals surface area (Å²) in [6.45, 7) is 1.95. The lowest BCUT2D eigenvalue weighted by atomic mass is 10.1. The number of ether oxygens (including phenoxy) is 1. The van der Waals surface area contributed by atoms with E-state index in [4.69, 9.17) is 5.41 Å². The molecule has 0 radical (unpaired) electrons. The number of nitrogens with two attached hydrogens (primary N) is 1. The largest absolute Gasteiger partial charge is 0.573 e. The number of aromatic nitrogens is 2. The molecule has 32 heavy (non-hydrogen) atoms. The van der Waals surface area contributed by atoms with Crippen molar-refractivity contribution in [3.63, 3.8) is 0 Å². The van der Waals surface area contributed by atoms with Gasteiger partial charge in [-0.3, -0.25) is 0 Å². The van der Waals surface area contributed by atoms with Crippen LogP contribution in [-0.2, 0) is 0 Å². The molecule has 4 N–H and O–H groups in total. The average molecular weight is 448 g/mol. The van der Waals surface area contributed by atoms with Crippen molar-refractivity contribution in [3.05, 3.63) is 60.0 Å². The Kier molecular flexibility index (Phi) is 7.04. The minimum absolute atomic E-state index is 0.297. The monoisotopic (exact) mass is 448 g/mol. The number of alkyl halides is 3. The summed E-state index contributed by atoms with van der Waals surface area (Å²) in [5, 5.41) is 13.3. The molecule has 1 heterocycles. The second kappa shape index (κ2) is 9.73. The van der Waals surface area contributed by atoms with E-state index in [9.17, 15) is 17.6 Å². The van der Waals surface area contributed by atoms with Crippen molar-refractivity contribution in [2.24, 2.45) is 0 Å². The normalized spacial score (nSPS) is 11.3. The summed E-state index contributed by atoms with van der Waals surface area (Å²) < 4.78 is 54.5. The number of hydrogen-bond acceptors (Lipinski definition) is 5. The molecule has 3 rings (SSSR count). The third kappa shape index (κ3) is 5.79. The van der Waals surface area contributed by atoms with Crippen LogP contribution in [-0.4, -0.2) is 29.1 Å². The summed E-state index contributed by atoms with van der Waals surface area (Å²) in [4.78, 5) is 9.08. The van der Waals surface area contributed by atoms with Gasteiger partial charge < -0.3 is 20.8 Å². The first-order chi connectivity index (χ1) is 15.2. The summed E-state index contributed by atoms with van der Waals surface area (Å²) >= 11 is 0. The van der Waals surface area contributed by atoms with Gasteiger partial charge in [-0.2, -0.15) is 0 Å². The predicted octanol–water partition coefficient (Wildman–Crippen LogP) is 4.92. The van der Waals surface area contributed by atoms with E-state index >= 15 is 0 Å². The molecule has 0 saturated carbocycles. The minimum Gasteiger partial charge on any atom is -0.406 e. The van der Waals surface area contributed by atoms with Gasteiger partial charge in [-0.05, 0) is 55.0 Å². The van der Waals surface area contributed by atoms with Crippen LogP contribution in [0.5, 0.6) is 5.75 Å². The highest BCUT2D eigenvalue weighted by atomic mass is 19.4. The summed E-state index contributed by atoms with van der Waals surface area (Å²) in [6.07, 6.45) is -3.52. The highest BCUT2D eigenvalue weighted by Gasteiger charge is 2.31. The third-order valence-corrected chi connectivity index (χ3v) is 4.47. The number of halogens is 4. The van der Waals surface area contributed by atoms with E-state index in [2.05, 4.69) is 20.0 Å². The van der Waals surface area contributed by atoms with Gasteiger partial charge in [0.1, 0.15) is 11.6 Å². The fraction of sp³-hybridized carbons (Fsp3) is 0.227. The molecule has 0 atom stereocenters. The van der Waals surface area contributed by atoms with Gasteiger partial charge in [-0.25, -0.2) is 14.4 Å². The van der Waals surface area contributed by atoms with Crippen LogP contribution in [0.4, 0.5) is 34.8 Å². The van der Waals surface area contributed by atoms with Crippen LogP contribution in [0.3, 0.4) is 0 Å². The molecule has 0 saturated heterocycles. The van der Waals surface area contributed by atoms with E-state index in [1.807, 2.05) is 6.92 Å². The molecule has 168 valence electrons. The van der Waals surface area contributed by atoms with Crippen molar-refractivity contribution in [2.75, 3.05) is 12.4 Å². The fourth-order valence-electron chi connectivity index (χ4n) is 3.04. The Bertz CT molecular complexity index is 1080. The highest BCUT2D eigenvalue weighted by Crippen LogP contribution is 2.29. The maximum absolute atomic E-state index is 13.4. The summed E-state index contributed by atoms with van der Waals surface area (Å²) in [5.41, 5.74) is 2.38. The fourth-order valence-corrected chi connectivity index (χ4v) is 3.04. The van der Waals surface area contributed by atoms with E-state index < -0.39 is 12.2 Å². The lowest BCUT2D eigenvalue weighted by Crippen LogP contribution is -2.73. The maximum Gasteiger partial charge on any atom is 0.573 e. The van der Waals surface area contributed by atoms with Crippen LogP contribution < -0.4 is 15.4 Å². The van der Waals surface area contributed by atoms with Crippen LogP contribution in [0.25, 0.3) is 11.4 Å². The van der Waals surface area contributed by atoms with Crippen molar-refractivity contribution in [1.29, 1.82) is 5.41 Å². The molecule has 0 aliphatic heterocycles. The first kappa shape index (κ1) is 23.1. The number of rotatable bonds is 8. The van der Waals surface area contributed by atoms with Crippen LogP contribution in [0.1, 0.15) is 25.5 Å². The molecule has 10 heteroatoms. The molecule has 0 unspecified atom stereocenters. The average Bonchev–Trinajstić information content (AvgIpc) is 2.74. The zero-order valence-corrected chi connectivity index (χ0v) is 17.4. The van der Waals surface area contributed by atoms with Gasteiger partial charge in [0.05, 0.1) is 12.8 Å². The standard InChI is InChI=1S/C22H21F4N5O/c1-3-4-17(27)18-19(28-2)21(31-20(30-18)13-5-7-14(23)8-6-13)29-15-9-11-16(12-10-15)32-22(24,25)26/h5-12,27-28H,3-4H2,1-2H3,(H,29,30,31)/p+1. The number of hydrogen-bond donors (Lipinski definition) is 3. The molecule has 0 amide bonds. The Morgan fingerprint density at radius 1 is 1.06 bits per heavy atom. The Morgan fingerprint density at radius 3 is 2.28 bits per heavy atom. The third-order valence-electron chi connectivity index (χ3n) is 4.47. The molecule has 6 nitrogen and oxygen atoms in total. The van der Waals surface area contributed by atoms with Gasteiger partial charge in [-0.15, -0.1) is 13.2 Å². The number of nitrogens with one attached hydrogen (secondary N) is 2. The summed E-state index contributed by atoms with van der Waals surface area (Å²) in [5.74, 6) is -0.0655. The quantitative estimate of drug-likeness (QED) is 0.337. The van der Waals surface area contributed by atoms with Crippen molar-refractivity contribution < 1.29 is 27.6 Å². The van der Waals surface area contributed by atoms with Crippen LogP contribution >= 0.6 is 0 Å². The molecule has 2 aromatic carbocycles. The molecule has 0 bridgehead atoms. The van der Waals surface area contributed by atoms with E-state index in [0.29, 0.717) is 46.4 Å². The van der Waals surface area contributed by atoms with Crippen LogP contribution in [0.15, 0.2) is 48.5 Å². The van der Waals surface area contributed by atoms with E-state index in [1.165, 1.54) is 36.4 Å². The molecule has 3 aromatic rings. The number of nitrogens with zero attached hydrogens (tertiary/aromatic N) is 2. The lowest BCUT2D eigenvalue weighted by Gasteiger charge is -2.15. The van der Waals surface area contributed by atoms with E-state index in [1.54, 1.807) is 24.5 Å². The Balaban J connectivity index is 2.02. The first-order valence-corrected chi connectivity index (χ1v) is 9.88. The van der Waals surface area contributed by atoms with Crippen molar-refractivity contribution in [1.82, 2.24) is 9.97 Å². The van der Waals surface area contributed by atoms with Gasteiger partial charge in [0.25, 0.3) is 0 Å². The van der Waals surface area contributed by atoms with Gasteiger partial charge in [0, 0.05) is 11.3 Å².